The van der Waals surface area contributed by atoms with Gasteiger partial charge in [0.2, 0.25) is 0 Å². The predicted molar refractivity (Wildman–Crippen MR) is 201 cm³/mol. The molecule has 0 fully saturated rings. The molecule has 0 spiro atoms. The van der Waals surface area contributed by atoms with Crippen LogP contribution in [0.3, 0.4) is 0 Å². The predicted octanol–water partition coefficient (Wildman–Crippen LogP) is 12.0. The Morgan fingerprint density at radius 3 is 1.50 bits per heavy atom. The van der Waals surface area contributed by atoms with Crippen LogP contribution < -0.4 is 0 Å². The molecule has 0 saturated heterocycles. The van der Waals surface area contributed by atoms with E-state index in [1.165, 1.54) is 70.6 Å². The molecule has 0 bridgehead atoms. The summed E-state index contributed by atoms with van der Waals surface area (Å²) in [7, 11) is 0. The lowest BCUT2D eigenvalue weighted by atomic mass is 10.1. The molecule has 0 aromatic carbocycles. The molecule has 0 N–H and O–H groups in total. The Labute approximate surface area is 295 Å². The van der Waals surface area contributed by atoms with Crippen molar-refractivity contribution in [1.82, 2.24) is 0 Å². The lowest BCUT2D eigenvalue weighted by Crippen LogP contribution is -2.30. The van der Waals surface area contributed by atoms with Gasteiger partial charge in [0.25, 0.3) is 0 Å². The molecule has 0 aliphatic rings. The number of carbonyl (C=O) groups is 3. The van der Waals surface area contributed by atoms with Gasteiger partial charge in [-0.25, -0.2) is 0 Å². The molecule has 276 valence electrons. The van der Waals surface area contributed by atoms with Crippen molar-refractivity contribution in [3.8, 4) is 0 Å². The van der Waals surface area contributed by atoms with Crippen LogP contribution in [0.25, 0.3) is 0 Å². The first kappa shape index (κ1) is 45.4. The standard InChI is InChI=1S/C42H72O6/c1-4-7-10-13-16-19-21-24-26-29-32-35-41(44)47-38-39(37-46-40(43)34-31-28-25-22-18-15-12-9-6-3)48-42(45)36-33-30-27-23-20-17-14-11-8-5-2/h9,12-13,16,18,22,28,31,39H,4-8,10-11,14-15,17,19-21,23-27,29-30,32-38H2,1-3H3/b12-9-,16-13-,22-18-,31-28-. The lowest BCUT2D eigenvalue weighted by molar-refractivity contribution is -0.166. The van der Waals surface area contributed by atoms with Crippen LogP contribution >= 0.6 is 0 Å². The third-order valence-electron chi connectivity index (χ3n) is 8.10. The largest absolute Gasteiger partial charge is 0.462 e. The van der Waals surface area contributed by atoms with E-state index in [1.807, 2.05) is 6.08 Å². The Bertz CT molecular complexity index is 871. The van der Waals surface area contributed by atoms with Gasteiger partial charge in [0, 0.05) is 12.8 Å². The maximum absolute atomic E-state index is 12.6. The molecule has 0 radical (unpaired) electrons. The maximum Gasteiger partial charge on any atom is 0.309 e. The van der Waals surface area contributed by atoms with Crippen molar-refractivity contribution in [2.75, 3.05) is 13.2 Å². The number of allylic oxidation sites excluding steroid dienone is 7. The van der Waals surface area contributed by atoms with E-state index < -0.39 is 12.1 Å². The van der Waals surface area contributed by atoms with E-state index in [-0.39, 0.29) is 31.6 Å². The molecule has 0 aliphatic heterocycles. The molecule has 0 amide bonds. The second kappa shape index (κ2) is 37.2. The van der Waals surface area contributed by atoms with Crippen LogP contribution in [0.1, 0.15) is 181 Å². The molecule has 0 aromatic rings. The Morgan fingerprint density at radius 2 is 0.917 bits per heavy atom. The molecule has 0 heterocycles. The van der Waals surface area contributed by atoms with Crippen molar-refractivity contribution in [3.05, 3.63) is 48.6 Å². The van der Waals surface area contributed by atoms with Gasteiger partial charge in [-0.3, -0.25) is 14.4 Å². The molecule has 0 saturated carbocycles. The van der Waals surface area contributed by atoms with E-state index in [0.29, 0.717) is 12.8 Å². The Hall–Kier alpha value is -2.63. The fourth-order valence-electron chi connectivity index (χ4n) is 5.13. The van der Waals surface area contributed by atoms with Gasteiger partial charge >= 0.3 is 17.9 Å². The van der Waals surface area contributed by atoms with E-state index in [2.05, 4.69) is 57.2 Å². The minimum absolute atomic E-state index is 0.104. The molecule has 0 aromatic heterocycles. The summed E-state index contributed by atoms with van der Waals surface area (Å²) in [6.07, 6.45) is 41.3. The van der Waals surface area contributed by atoms with E-state index in [0.717, 1.165) is 70.6 Å². The van der Waals surface area contributed by atoms with E-state index in [1.54, 1.807) is 6.08 Å². The van der Waals surface area contributed by atoms with Gasteiger partial charge < -0.3 is 14.2 Å². The molecule has 0 rings (SSSR count). The van der Waals surface area contributed by atoms with Crippen molar-refractivity contribution >= 4 is 17.9 Å². The normalized spacial score (nSPS) is 12.5. The molecule has 0 aliphatic carbocycles. The summed E-state index contributed by atoms with van der Waals surface area (Å²) >= 11 is 0. The number of esters is 3. The zero-order valence-corrected chi connectivity index (χ0v) is 31.2. The molecule has 6 heteroatoms. The lowest BCUT2D eigenvalue weighted by Gasteiger charge is -2.18. The van der Waals surface area contributed by atoms with Crippen molar-refractivity contribution < 1.29 is 28.6 Å². The first-order valence-electron chi connectivity index (χ1n) is 19.6. The fourth-order valence-corrected chi connectivity index (χ4v) is 5.13. The second-order valence-corrected chi connectivity index (χ2v) is 12.8. The highest BCUT2D eigenvalue weighted by Crippen LogP contribution is 2.13. The number of ether oxygens (including phenoxy) is 3. The topological polar surface area (TPSA) is 78.9 Å². The first-order chi connectivity index (χ1) is 23.5. The van der Waals surface area contributed by atoms with Crippen LogP contribution in [-0.2, 0) is 28.6 Å². The van der Waals surface area contributed by atoms with Gasteiger partial charge in [-0.05, 0) is 51.4 Å². The smallest absolute Gasteiger partial charge is 0.309 e. The summed E-state index contributed by atoms with van der Waals surface area (Å²) in [4.78, 5) is 37.3. The van der Waals surface area contributed by atoms with Crippen molar-refractivity contribution in [1.29, 1.82) is 0 Å². The quantitative estimate of drug-likeness (QED) is 0.0293. The highest BCUT2D eigenvalue weighted by atomic mass is 16.6. The summed E-state index contributed by atoms with van der Waals surface area (Å²) < 4.78 is 16.5. The summed E-state index contributed by atoms with van der Waals surface area (Å²) in [5.41, 5.74) is 0. The molecular weight excluding hydrogens is 600 g/mol. The third-order valence-corrected chi connectivity index (χ3v) is 8.10. The van der Waals surface area contributed by atoms with Gasteiger partial charge in [0.15, 0.2) is 6.10 Å². The SMILES string of the molecule is CC/C=C\C/C=C\C/C=C\CC(=O)OCC(COC(=O)CCCCCCC/C=C\CCCC)OC(=O)CCCCCCCCCCCC. The monoisotopic (exact) mass is 673 g/mol. The Balaban J connectivity index is 4.47. The van der Waals surface area contributed by atoms with Gasteiger partial charge in [0.1, 0.15) is 13.2 Å². The number of unbranched alkanes of at least 4 members (excludes halogenated alkanes) is 16. The van der Waals surface area contributed by atoms with Crippen molar-refractivity contribution in [2.24, 2.45) is 0 Å². The van der Waals surface area contributed by atoms with Crippen LogP contribution in [0.2, 0.25) is 0 Å². The van der Waals surface area contributed by atoms with E-state index >= 15 is 0 Å². The van der Waals surface area contributed by atoms with Crippen LogP contribution in [0, 0.1) is 0 Å². The first-order valence-corrected chi connectivity index (χ1v) is 19.6. The van der Waals surface area contributed by atoms with Crippen LogP contribution in [0.15, 0.2) is 48.6 Å². The van der Waals surface area contributed by atoms with Gasteiger partial charge in [-0.15, -0.1) is 0 Å². The van der Waals surface area contributed by atoms with Crippen molar-refractivity contribution in [3.63, 3.8) is 0 Å². The average molecular weight is 673 g/mol. The molecule has 6 nitrogen and oxygen atoms in total. The second-order valence-electron chi connectivity index (χ2n) is 12.8. The van der Waals surface area contributed by atoms with Gasteiger partial charge in [-0.2, -0.15) is 0 Å². The Morgan fingerprint density at radius 1 is 0.458 bits per heavy atom. The van der Waals surface area contributed by atoms with Crippen molar-refractivity contribution in [2.45, 2.75) is 187 Å². The zero-order chi connectivity index (χ0) is 35.2. The zero-order valence-electron chi connectivity index (χ0n) is 31.2. The van der Waals surface area contributed by atoms with Gasteiger partial charge in [0.05, 0.1) is 6.42 Å². The van der Waals surface area contributed by atoms with E-state index in [4.69, 9.17) is 14.2 Å². The van der Waals surface area contributed by atoms with Crippen LogP contribution in [0.4, 0.5) is 0 Å². The minimum Gasteiger partial charge on any atom is -0.462 e. The molecule has 1 unspecified atom stereocenters. The highest BCUT2D eigenvalue weighted by molar-refractivity contribution is 5.72. The number of hydrogen-bond donors (Lipinski definition) is 0. The van der Waals surface area contributed by atoms with Crippen LogP contribution in [0.5, 0.6) is 0 Å². The maximum atomic E-state index is 12.6. The average Bonchev–Trinajstić information content (AvgIpc) is 3.08. The molecule has 1 atom stereocenters. The molecular formula is C42H72O6. The summed E-state index contributed by atoms with van der Waals surface area (Å²) in [5, 5.41) is 0. The number of hydrogen-bond acceptors (Lipinski definition) is 6. The highest BCUT2D eigenvalue weighted by Gasteiger charge is 2.19. The van der Waals surface area contributed by atoms with Crippen LogP contribution in [-0.4, -0.2) is 37.2 Å². The minimum atomic E-state index is -0.804. The summed E-state index contributed by atoms with van der Waals surface area (Å²) in [6, 6.07) is 0. The summed E-state index contributed by atoms with van der Waals surface area (Å²) in [6.45, 7) is 6.33. The summed E-state index contributed by atoms with van der Waals surface area (Å²) in [5.74, 6) is -1.05. The van der Waals surface area contributed by atoms with Gasteiger partial charge in [-0.1, -0.05) is 159 Å². The Kier molecular flexibility index (Phi) is 35.2. The number of carbonyl (C=O) groups excluding carboxylic acids is 3. The number of rotatable bonds is 34. The third kappa shape index (κ3) is 34.7. The van der Waals surface area contributed by atoms with E-state index in [9.17, 15) is 14.4 Å². The molecule has 48 heavy (non-hydrogen) atoms. The fraction of sp³-hybridized carbons (Fsp3) is 0.738.